The van der Waals surface area contributed by atoms with Gasteiger partial charge in [0.2, 0.25) is 0 Å². The van der Waals surface area contributed by atoms with Crippen molar-refractivity contribution in [1.29, 1.82) is 0 Å². The second-order valence-electron chi connectivity index (χ2n) is 4.78. The van der Waals surface area contributed by atoms with Crippen LogP contribution in [0.2, 0.25) is 5.02 Å². The van der Waals surface area contributed by atoms with E-state index in [1.165, 1.54) is 0 Å². The van der Waals surface area contributed by atoms with Gasteiger partial charge in [0.1, 0.15) is 11.4 Å². The van der Waals surface area contributed by atoms with Crippen molar-refractivity contribution in [3.63, 3.8) is 0 Å². The van der Waals surface area contributed by atoms with Crippen LogP contribution >= 0.6 is 24.0 Å². The summed E-state index contributed by atoms with van der Waals surface area (Å²) in [5.41, 5.74) is 0.338. The molecule has 2 heterocycles. The van der Waals surface area contributed by atoms with Crippen LogP contribution in [0.3, 0.4) is 0 Å². The molecule has 1 saturated heterocycles. The first-order chi connectivity index (χ1) is 8.19. The van der Waals surface area contributed by atoms with Gasteiger partial charge in [-0.05, 0) is 31.3 Å². The third-order valence-electron chi connectivity index (χ3n) is 3.57. The molecule has 0 aliphatic carbocycles. The molecule has 0 amide bonds. The number of Topliss-reactive ketones (excluding diaryl/α,β-unsaturated/α-hetero) is 1. The second-order valence-corrected chi connectivity index (χ2v) is 5.21. The van der Waals surface area contributed by atoms with Gasteiger partial charge in [0.25, 0.3) is 0 Å². The Balaban J connectivity index is 0.00000120. The standard InChI is InChI=1S/C13H14ClNO2.ClH/c14-9-1-2-12-10(7-9)11(16)8-13(17-12)3-5-15-6-4-13;/h1-2,7,15H,3-6,8H2;1H. The van der Waals surface area contributed by atoms with Crippen LogP contribution in [-0.2, 0) is 0 Å². The lowest BCUT2D eigenvalue weighted by atomic mass is 9.83. The van der Waals surface area contributed by atoms with Gasteiger partial charge < -0.3 is 10.1 Å². The fourth-order valence-corrected chi connectivity index (χ4v) is 2.80. The van der Waals surface area contributed by atoms with Gasteiger partial charge in [-0.1, -0.05) is 11.6 Å². The van der Waals surface area contributed by atoms with E-state index in [1.54, 1.807) is 18.2 Å². The fourth-order valence-electron chi connectivity index (χ4n) is 2.63. The lowest BCUT2D eigenvalue weighted by Crippen LogP contribution is -2.49. The number of carbonyl (C=O) groups is 1. The number of benzene rings is 1. The smallest absolute Gasteiger partial charge is 0.170 e. The number of hydrogen-bond donors (Lipinski definition) is 1. The molecule has 0 atom stereocenters. The summed E-state index contributed by atoms with van der Waals surface area (Å²) in [6.07, 6.45) is 2.25. The van der Waals surface area contributed by atoms with E-state index in [0.717, 1.165) is 25.9 Å². The van der Waals surface area contributed by atoms with Gasteiger partial charge in [-0.2, -0.15) is 0 Å². The molecule has 3 nitrogen and oxygen atoms in total. The molecule has 3 rings (SSSR count). The van der Waals surface area contributed by atoms with Gasteiger partial charge in [0.05, 0.1) is 12.0 Å². The molecular formula is C13H15Cl2NO2. The van der Waals surface area contributed by atoms with Gasteiger partial charge in [-0.25, -0.2) is 0 Å². The highest BCUT2D eigenvalue weighted by atomic mass is 35.5. The van der Waals surface area contributed by atoms with E-state index < -0.39 is 0 Å². The first-order valence-electron chi connectivity index (χ1n) is 5.91. The van der Waals surface area contributed by atoms with Crippen LogP contribution in [0.5, 0.6) is 5.75 Å². The molecule has 1 spiro atoms. The molecule has 18 heavy (non-hydrogen) atoms. The lowest BCUT2D eigenvalue weighted by Gasteiger charge is -2.40. The Kier molecular flexibility index (Phi) is 3.85. The summed E-state index contributed by atoms with van der Waals surface area (Å²) in [6, 6.07) is 5.28. The van der Waals surface area contributed by atoms with Crippen LogP contribution < -0.4 is 10.1 Å². The summed E-state index contributed by atoms with van der Waals surface area (Å²) in [7, 11) is 0. The zero-order chi connectivity index (χ0) is 11.9. The van der Waals surface area contributed by atoms with E-state index in [1.807, 2.05) is 0 Å². The van der Waals surface area contributed by atoms with Crippen LogP contribution in [0.15, 0.2) is 18.2 Å². The zero-order valence-electron chi connectivity index (χ0n) is 9.87. The predicted octanol–water partition coefficient (Wildman–Crippen LogP) is 2.85. The Morgan fingerprint density at radius 1 is 1.28 bits per heavy atom. The quantitative estimate of drug-likeness (QED) is 0.797. The van der Waals surface area contributed by atoms with Crippen LogP contribution in [0, 0.1) is 0 Å². The highest BCUT2D eigenvalue weighted by Crippen LogP contribution is 2.38. The van der Waals surface area contributed by atoms with Crippen molar-refractivity contribution < 1.29 is 9.53 Å². The maximum absolute atomic E-state index is 12.2. The normalized spacial score (nSPS) is 20.8. The van der Waals surface area contributed by atoms with Crippen molar-refractivity contribution in [3.05, 3.63) is 28.8 Å². The maximum Gasteiger partial charge on any atom is 0.170 e. The monoisotopic (exact) mass is 287 g/mol. The van der Waals surface area contributed by atoms with Crippen molar-refractivity contribution in [2.24, 2.45) is 0 Å². The summed E-state index contributed by atoms with van der Waals surface area (Å²) < 4.78 is 6.07. The third kappa shape index (κ3) is 2.35. The highest BCUT2D eigenvalue weighted by Gasteiger charge is 2.41. The number of piperidine rings is 1. The number of carbonyl (C=O) groups excluding carboxylic acids is 1. The topological polar surface area (TPSA) is 38.3 Å². The number of ether oxygens (including phenoxy) is 1. The average molecular weight is 288 g/mol. The molecule has 2 aliphatic heterocycles. The van der Waals surface area contributed by atoms with Gasteiger partial charge >= 0.3 is 0 Å². The first-order valence-corrected chi connectivity index (χ1v) is 6.29. The van der Waals surface area contributed by atoms with Crippen molar-refractivity contribution in [3.8, 4) is 5.75 Å². The Morgan fingerprint density at radius 3 is 2.72 bits per heavy atom. The van der Waals surface area contributed by atoms with Crippen LogP contribution in [0.1, 0.15) is 29.6 Å². The molecule has 1 aromatic rings. The molecule has 0 bridgehead atoms. The van der Waals surface area contributed by atoms with Crippen molar-refractivity contribution >= 4 is 29.8 Å². The van der Waals surface area contributed by atoms with Gasteiger partial charge in [-0.3, -0.25) is 4.79 Å². The van der Waals surface area contributed by atoms with Gasteiger partial charge in [0.15, 0.2) is 5.78 Å². The number of rotatable bonds is 0. The summed E-state index contributed by atoms with van der Waals surface area (Å²) in [5.74, 6) is 0.836. The number of fused-ring (bicyclic) bond motifs is 1. The van der Waals surface area contributed by atoms with E-state index in [4.69, 9.17) is 16.3 Å². The van der Waals surface area contributed by atoms with E-state index in [2.05, 4.69) is 5.32 Å². The van der Waals surface area contributed by atoms with Crippen molar-refractivity contribution in [2.75, 3.05) is 13.1 Å². The molecule has 2 aliphatic rings. The van der Waals surface area contributed by atoms with Crippen molar-refractivity contribution in [2.45, 2.75) is 24.9 Å². The number of halogens is 2. The molecule has 1 aromatic carbocycles. The molecule has 0 aromatic heterocycles. The third-order valence-corrected chi connectivity index (χ3v) is 3.80. The maximum atomic E-state index is 12.2. The minimum Gasteiger partial charge on any atom is -0.486 e. The number of ketones is 1. The van der Waals surface area contributed by atoms with Crippen LogP contribution in [0.25, 0.3) is 0 Å². The Morgan fingerprint density at radius 2 is 2.00 bits per heavy atom. The molecule has 1 fully saturated rings. The Bertz CT molecular complexity index is 470. The highest BCUT2D eigenvalue weighted by molar-refractivity contribution is 6.31. The molecule has 0 saturated carbocycles. The van der Waals surface area contributed by atoms with Crippen molar-refractivity contribution in [1.82, 2.24) is 5.32 Å². The second kappa shape index (κ2) is 5.08. The fraction of sp³-hybridized carbons (Fsp3) is 0.462. The van der Waals surface area contributed by atoms with E-state index in [0.29, 0.717) is 22.8 Å². The average Bonchev–Trinajstić information content (AvgIpc) is 2.31. The van der Waals surface area contributed by atoms with E-state index in [-0.39, 0.29) is 23.8 Å². The zero-order valence-corrected chi connectivity index (χ0v) is 11.4. The molecule has 98 valence electrons. The van der Waals surface area contributed by atoms with Gasteiger partial charge in [0, 0.05) is 17.9 Å². The lowest BCUT2D eigenvalue weighted by molar-refractivity contribution is 0.0187. The first kappa shape index (κ1) is 13.7. The van der Waals surface area contributed by atoms with Crippen LogP contribution in [0.4, 0.5) is 0 Å². The van der Waals surface area contributed by atoms with Crippen LogP contribution in [-0.4, -0.2) is 24.5 Å². The largest absolute Gasteiger partial charge is 0.486 e. The molecule has 0 unspecified atom stereocenters. The summed E-state index contributed by atoms with van der Waals surface area (Å²) in [5, 5.41) is 3.88. The minimum atomic E-state index is -0.289. The Labute approximate surface area is 117 Å². The van der Waals surface area contributed by atoms with E-state index in [9.17, 15) is 4.79 Å². The summed E-state index contributed by atoms with van der Waals surface area (Å²) >= 11 is 5.90. The summed E-state index contributed by atoms with van der Waals surface area (Å²) in [4.78, 5) is 12.2. The molecular weight excluding hydrogens is 273 g/mol. The van der Waals surface area contributed by atoms with E-state index >= 15 is 0 Å². The minimum absolute atomic E-state index is 0. The summed E-state index contributed by atoms with van der Waals surface area (Å²) in [6.45, 7) is 1.83. The SMILES string of the molecule is Cl.O=C1CC2(CCNCC2)Oc2ccc(Cl)cc21. The van der Waals surface area contributed by atoms with Gasteiger partial charge in [-0.15, -0.1) is 12.4 Å². The Hall–Kier alpha value is -0.770. The number of nitrogens with one attached hydrogen (secondary N) is 1. The molecule has 0 radical (unpaired) electrons. The number of hydrogen-bond acceptors (Lipinski definition) is 3. The predicted molar refractivity (Wildman–Crippen MR) is 73.1 cm³/mol. The molecule has 5 heteroatoms. The molecule has 1 N–H and O–H groups in total.